The molecule has 2 fully saturated rings. The van der Waals surface area contributed by atoms with Crippen molar-refractivity contribution in [3.8, 4) is 0 Å². The Morgan fingerprint density at radius 3 is 1.72 bits per heavy atom. The summed E-state index contributed by atoms with van der Waals surface area (Å²) in [5.41, 5.74) is -0.0253. The van der Waals surface area contributed by atoms with E-state index < -0.39 is 0 Å². The van der Waals surface area contributed by atoms with E-state index in [2.05, 4.69) is 30.6 Å². The monoisotopic (exact) mass is 252 g/mol. The highest BCUT2D eigenvalue weighted by molar-refractivity contribution is 5.82. The van der Waals surface area contributed by atoms with E-state index >= 15 is 0 Å². The topological polar surface area (TPSA) is 23.6 Å². The summed E-state index contributed by atoms with van der Waals surface area (Å²) in [4.78, 5) is 17.3. The summed E-state index contributed by atoms with van der Waals surface area (Å²) in [5.74, 6) is 0.337. The van der Waals surface area contributed by atoms with Gasteiger partial charge in [0.05, 0.1) is 0 Å². The van der Waals surface area contributed by atoms with Crippen molar-refractivity contribution < 1.29 is 4.79 Å². The zero-order valence-corrected chi connectivity index (χ0v) is 12.8. The van der Waals surface area contributed by atoms with E-state index in [4.69, 9.17) is 0 Å². The van der Waals surface area contributed by atoms with Crippen molar-refractivity contribution in [2.24, 2.45) is 5.41 Å². The van der Waals surface area contributed by atoms with Crippen LogP contribution in [0.4, 0.5) is 0 Å². The van der Waals surface area contributed by atoms with Crippen LogP contribution in [-0.2, 0) is 4.79 Å². The van der Waals surface area contributed by atoms with Crippen molar-refractivity contribution in [1.29, 1.82) is 0 Å². The van der Waals surface area contributed by atoms with Gasteiger partial charge in [-0.15, -0.1) is 0 Å². The molecule has 3 nitrogen and oxygen atoms in total. The molecule has 3 heteroatoms. The standard InChI is InChI=1S/C15H28N2O/c1-14(2,3)13(18)17-11-7-8-12(17)10-16(9-11)15(4,5)6/h11-12H,7-10H2,1-6H3. The molecule has 0 aromatic heterocycles. The van der Waals surface area contributed by atoms with Gasteiger partial charge in [0, 0.05) is 36.1 Å². The van der Waals surface area contributed by atoms with Gasteiger partial charge in [0.15, 0.2) is 0 Å². The fourth-order valence-electron chi connectivity index (χ4n) is 3.17. The Balaban J connectivity index is 2.14. The molecule has 104 valence electrons. The number of rotatable bonds is 0. The van der Waals surface area contributed by atoms with Gasteiger partial charge in [-0.05, 0) is 33.6 Å². The summed E-state index contributed by atoms with van der Waals surface area (Å²) < 4.78 is 0. The Morgan fingerprint density at radius 1 is 0.944 bits per heavy atom. The largest absolute Gasteiger partial charge is 0.334 e. The smallest absolute Gasteiger partial charge is 0.228 e. The average Bonchev–Trinajstić information content (AvgIpc) is 2.43. The molecular weight excluding hydrogens is 224 g/mol. The van der Waals surface area contributed by atoms with Gasteiger partial charge in [0.2, 0.25) is 5.91 Å². The van der Waals surface area contributed by atoms with Crippen LogP contribution < -0.4 is 0 Å². The first-order valence-electron chi connectivity index (χ1n) is 7.18. The fourth-order valence-corrected chi connectivity index (χ4v) is 3.17. The Morgan fingerprint density at radius 2 is 1.39 bits per heavy atom. The summed E-state index contributed by atoms with van der Waals surface area (Å²) in [6, 6.07) is 0.879. The molecule has 18 heavy (non-hydrogen) atoms. The Bertz CT molecular complexity index is 323. The van der Waals surface area contributed by atoms with Gasteiger partial charge in [0.25, 0.3) is 0 Å². The van der Waals surface area contributed by atoms with Gasteiger partial charge in [-0.1, -0.05) is 20.8 Å². The van der Waals surface area contributed by atoms with Gasteiger partial charge in [-0.25, -0.2) is 0 Å². The minimum Gasteiger partial charge on any atom is -0.334 e. The number of carbonyl (C=O) groups is 1. The van der Waals surface area contributed by atoms with Crippen LogP contribution in [0, 0.1) is 5.41 Å². The molecule has 0 N–H and O–H groups in total. The Kier molecular flexibility index (Phi) is 3.25. The summed E-state index contributed by atoms with van der Waals surface area (Å²) in [5, 5.41) is 0. The van der Waals surface area contributed by atoms with Crippen LogP contribution in [0.25, 0.3) is 0 Å². The van der Waals surface area contributed by atoms with Crippen molar-refractivity contribution >= 4 is 5.91 Å². The highest BCUT2D eigenvalue weighted by atomic mass is 16.2. The van der Waals surface area contributed by atoms with E-state index in [1.165, 1.54) is 12.8 Å². The van der Waals surface area contributed by atoms with Crippen LogP contribution >= 0.6 is 0 Å². The summed E-state index contributed by atoms with van der Waals surface area (Å²) >= 11 is 0. The zero-order chi connectivity index (χ0) is 13.7. The van der Waals surface area contributed by atoms with Crippen molar-refractivity contribution in [2.45, 2.75) is 72.0 Å². The minimum atomic E-state index is -0.245. The highest BCUT2D eigenvalue weighted by Gasteiger charge is 2.46. The SMILES string of the molecule is CC(C)(C)C(=O)N1C2CCC1CN(C(C)(C)C)C2. The molecule has 0 spiro atoms. The molecule has 0 aromatic carbocycles. The maximum atomic E-state index is 12.5. The highest BCUT2D eigenvalue weighted by Crippen LogP contribution is 2.36. The van der Waals surface area contributed by atoms with Crippen molar-refractivity contribution in [2.75, 3.05) is 13.1 Å². The summed E-state index contributed by atoms with van der Waals surface area (Å²) in [6.45, 7) is 15.0. The second-order valence-electron chi connectivity index (χ2n) is 7.92. The molecule has 0 saturated carbocycles. The summed E-state index contributed by atoms with van der Waals surface area (Å²) in [6.07, 6.45) is 2.36. The Hall–Kier alpha value is -0.570. The quantitative estimate of drug-likeness (QED) is 0.661. The third-order valence-corrected chi connectivity index (χ3v) is 4.31. The fraction of sp³-hybridized carbons (Fsp3) is 0.933. The van der Waals surface area contributed by atoms with Crippen LogP contribution in [0.15, 0.2) is 0 Å². The Labute approximate surface area is 112 Å². The van der Waals surface area contributed by atoms with Crippen LogP contribution in [0.3, 0.4) is 0 Å². The van der Waals surface area contributed by atoms with Gasteiger partial charge >= 0.3 is 0 Å². The molecule has 2 bridgehead atoms. The van der Waals surface area contributed by atoms with Crippen molar-refractivity contribution in [3.63, 3.8) is 0 Å². The maximum Gasteiger partial charge on any atom is 0.228 e. The third-order valence-electron chi connectivity index (χ3n) is 4.31. The zero-order valence-electron chi connectivity index (χ0n) is 12.8. The lowest BCUT2D eigenvalue weighted by Crippen LogP contribution is -2.61. The normalized spacial score (nSPS) is 29.8. The lowest BCUT2D eigenvalue weighted by atomic mass is 9.92. The van der Waals surface area contributed by atoms with Gasteiger partial charge in [0.1, 0.15) is 0 Å². The molecular formula is C15H28N2O. The molecule has 0 aliphatic carbocycles. The minimum absolute atomic E-state index is 0.220. The van der Waals surface area contributed by atoms with E-state index in [0.717, 1.165) is 13.1 Å². The second kappa shape index (κ2) is 4.22. The van der Waals surface area contributed by atoms with E-state index in [1.807, 2.05) is 20.8 Å². The lowest BCUT2D eigenvalue weighted by Gasteiger charge is -2.48. The molecule has 2 aliphatic rings. The number of carbonyl (C=O) groups excluding carboxylic acids is 1. The predicted octanol–water partition coefficient (Wildman–Crippen LogP) is 2.51. The van der Waals surface area contributed by atoms with Crippen molar-refractivity contribution in [3.05, 3.63) is 0 Å². The number of amides is 1. The van der Waals surface area contributed by atoms with Crippen LogP contribution in [0.2, 0.25) is 0 Å². The third kappa shape index (κ3) is 2.42. The van der Waals surface area contributed by atoms with E-state index in [-0.39, 0.29) is 11.0 Å². The van der Waals surface area contributed by atoms with Gasteiger partial charge < -0.3 is 4.90 Å². The van der Waals surface area contributed by atoms with E-state index in [9.17, 15) is 4.79 Å². The first kappa shape index (κ1) is 13.9. The number of piperazine rings is 1. The maximum absolute atomic E-state index is 12.5. The van der Waals surface area contributed by atoms with Crippen LogP contribution in [0.1, 0.15) is 54.4 Å². The number of likely N-dealkylation sites (tertiary alicyclic amines) is 1. The predicted molar refractivity (Wildman–Crippen MR) is 74.4 cm³/mol. The van der Waals surface area contributed by atoms with E-state index in [0.29, 0.717) is 18.0 Å². The number of nitrogens with zero attached hydrogens (tertiary/aromatic N) is 2. The van der Waals surface area contributed by atoms with E-state index in [1.54, 1.807) is 0 Å². The van der Waals surface area contributed by atoms with Gasteiger partial charge in [-0.2, -0.15) is 0 Å². The molecule has 2 saturated heterocycles. The lowest BCUT2D eigenvalue weighted by molar-refractivity contribution is -0.146. The average molecular weight is 252 g/mol. The molecule has 2 aliphatic heterocycles. The molecule has 1 amide bonds. The second-order valence-corrected chi connectivity index (χ2v) is 7.92. The molecule has 0 radical (unpaired) electrons. The van der Waals surface area contributed by atoms with Crippen LogP contribution in [0.5, 0.6) is 0 Å². The molecule has 2 unspecified atom stereocenters. The first-order valence-corrected chi connectivity index (χ1v) is 7.18. The number of hydrogen-bond acceptors (Lipinski definition) is 2. The van der Waals surface area contributed by atoms with Crippen LogP contribution in [-0.4, -0.2) is 46.4 Å². The summed E-state index contributed by atoms with van der Waals surface area (Å²) in [7, 11) is 0. The molecule has 2 atom stereocenters. The molecule has 2 rings (SSSR count). The molecule has 0 aromatic rings. The molecule has 2 heterocycles. The number of fused-ring (bicyclic) bond motifs is 2. The number of hydrogen-bond donors (Lipinski definition) is 0. The van der Waals surface area contributed by atoms with Gasteiger partial charge in [-0.3, -0.25) is 9.69 Å². The van der Waals surface area contributed by atoms with Crippen molar-refractivity contribution in [1.82, 2.24) is 9.80 Å². The first-order chi connectivity index (χ1) is 8.10.